The van der Waals surface area contributed by atoms with Crippen LogP contribution in [0.25, 0.3) is 27.6 Å². The third kappa shape index (κ3) is 3.69. The molecule has 0 saturated heterocycles. The number of benzene rings is 3. The second kappa shape index (κ2) is 9.19. The average molecular weight is 460 g/mol. The van der Waals surface area contributed by atoms with Crippen LogP contribution in [-0.2, 0) is 4.74 Å². The smallest absolute Gasteiger partial charge is 0.355 e. The Bertz CT molecular complexity index is 1420. The van der Waals surface area contributed by atoms with E-state index in [2.05, 4.69) is 0 Å². The summed E-state index contributed by atoms with van der Waals surface area (Å²) >= 11 is 0. The van der Waals surface area contributed by atoms with Gasteiger partial charge in [-0.1, -0.05) is 18.2 Å². The van der Waals surface area contributed by atoms with Crippen LogP contribution in [0, 0.1) is 0 Å². The van der Waals surface area contributed by atoms with Crippen molar-refractivity contribution in [2.45, 2.75) is 0 Å². The zero-order valence-corrected chi connectivity index (χ0v) is 19.2. The molecule has 1 aromatic heterocycles. The third-order valence-corrected chi connectivity index (χ3v) is 5.57. The molecule has 0 atom stereocenters. The maximum absolute atomic E-state index is 13.6. The number of pyridine rings is 1. The number of nitrogens with zero attached hydrogens (tertiary/aromatic N) is 1. The van der Waals surface area contributed by atoms with Gasteiger partial charge in [0, 0.05) is 22.3 Å². The summed E-state index contributed by atoms with van der Waals surface area (Å²) in [6.07, 6.45) is 0. The summed E-state index contributed by atoms with van der Waals surface area (Å²) < 4.78 is 23.0. The van der Waals surface area contributed by atoms with Gasteiger partial charge in [0.15, 0.2) is 11.5 Å². The van der Waals surface area contributed by atoms with Crippen LogP contribution in [0.15, 0.2) is 65.5 Å². The topological polar surface area (TPSA) is 102 Å². The fourth-order valence-electron chi connectivity index (χ4n) is 4.03. The number of nitrogens with two attached hydrogens (primary N) is 1. The van der Waals surface area contributed by atoms with Gasteiger partial charge < -0.3 is 24.7 Å². The van der Waals surface area contributed by atoms with Crippen molar-refractivity contribution in [1.82, 2.24) is 4.57 Å². The molecule has 0 amide bonds. The first-order valence-corrected chi connectivity index (χ1v) is 10.4. The SMILES string of the molecule is COC(=O)c1c(-c2cc(OC)c(OC)c(OC)c2)c2ccccc2c(=O)n1-c1ccc(N)cc1. The van der Waals surface area contributed by atoms with Crippen LogP contribution in [0.2, 0.25) is 0 Å². The third-order valence-electron chi connectivity index (χ3n) is 5.57. The lowest BCUT2D eigenvalue weighted by Crippen LogP contribution is -2.26. The predicted octanol–water partition coefficient (Wildman–Crippen LogP) is 4.05. The minimum Gasteiger partial charge on any atom is -0.493 e. The number of aromatic nitrogens is 1. The fraction of sp³-hybridized carbons (Fsp3) is 0.154. The van der Waals surface area contributed by atoms with Gasteiger partial charge in [-0.05, 0) is 53.4 Å². The van der Waals surface area contributed by atoms with Gasteiger partial charge in [0.2, 0.25) is 5.75 Å². The number of rotatable bonds is 6. The highest BCUT2D eigenvalue weighted by Gasteiger charge is 2.26. The Kier molecular flexibility index (Phi) is 6.14. The Morgan fingerprint density at radius 3 is 1.94 bits per heavy atom. The van der Waals surface area contributed by atoms with Crippen molar-refractivity contribution in [3.05, 3.63) is 76.7 Å². The molecule has 8 nitrogen and oxygen atoms in total. The second-order valence-electron chi connectivity index (χ2n) is 7.41. The molecule has 174 valence electrons. The van der Waals surface area contributed by atoms with Crippen LogP contribution in [-0.4, -0.2) is 39.0 Å². The van der Waals surface area contributed by atoms with Crippen LogP contribution in [0.4, 0.5) is 5.69 Å². The molecule has 0 aliphatic carbocycles. The molecule has 2 N–H and O–H groups in total. The molecule has 0 aliphatic rings. The quantitative estimate of drug-likeness (QED) is 0.342. The highest BCUT2D eigenvalue weighted by atomic mass is 16.5. The molecular weight excluding hydrogens is 436 g/mol. The van der Waals surface area contributed by atoms with Crippen molar-refractivity contribution in [1.29, 1.82) is 0 Å². The van der Waals surface area contributed by atoms with E-state index in [1.165, 1.54) is 33.0 Å². The van der Waals surface area contributed by atoms with Crippen LogP contribution in [0.3, 0.4) is 0 Å². The standard InChI is InChI=1S/C26H24N2O6/c1-31-20-13-15(14-21(32-2)24(20)33-3)22-18-7-5-6-8-19(18)25(29)28(23(22)26(30)34-4)17-11-9-16(27)10-12-17/h5-14H,27H2,1-4H3. The largest absolute Gasteiger partial charge is 0.493 e. The van der Waals surface area contributed by atoms with E-state index >= 15 is 0 Å². The molecule has 1 heterocycles. The lowest BCUT2D eigenvalue weighted by molar-refractivity contribution is 0.0591. The second-order valence-corrected chi connectivity index (χ2v) is 7.41. The highest BCUT2D eigenvalue weighted by molar-refractivity contribution is 6.07. The monoisotopic (exact) mass is 460 g/mol. The summed E-state index contributed by atoms with van der Waals surface area (Å²) in [5.41, 5.74) is 7.61. The minimum absolute atomic E-state index is 0.0604. The maximum Gasteiger partial charge on any atom is 0.355 e. The zero-order valence-electron chi connectivity index (χ0n) is 19.2. The van der Waals surface area contributed by atoms with Gasteiger partial charge in [-0.25, -0.2) is 4.79 Å². The van der Waals surface area contributed by atoms with Crippen molar-refractivity contribution in [2.24, 2.45) is 0 Å². The number of anilines is 1. The number of hydrogen-bond donors (Lipinski definition) is 1. The number of nitrogen functional groups attached to an aromatic ring is 1. The molecule has 4 rings (SSSR count). The molecule has 0 saturated carbocycles. The van der Waals surface area contributed by atoms with E-state index in [0.29, 0.717) is 50.5 Å². The molecule has 0 aliphatic heterocycles. The first kappa shape index (κ1) is 22.7. The molecule has 0 fully saturated rings. The van der Waals surface area contributed by atoms with Gasteiger partial charge in [0.1, 0.15) is 5.69 Å². The lowest BCUT2D eigenvalue weighted by atomic mass is 9.95. The van der Waals surface area contributed by atoms with Gasteiger partial charge >= 0.3 is 5.97 Å². The van der Waals surface area contributed by atoms with Gasteiger partial charge in [-0.15, -0.1) is 0 Å². The molecule has 0 unspecified atom stereocenters. The van der Waals surface area contributed by atoms with Crippen molar-refractivity contribution in [2.75, 3.05) is 34.2 Å². The Labute approximate surface area is 196 Å². The Balaban J connectivity index is 2.22. The number of esters is 1. The summed E-state index contributed by atoms with van der Waals surface area (Å²) in [4.78, 5) is 26.8. The maximum atomic E-state index is 13.6. The number of carbonyl (C=O) groups is 1. The molecule has 0 bridgehead atoms. The van der Waals surface area contributed by atoms with Crippen molar-refractivity contribution < 1.29 is 23.7 Å². The first-order chi connectivity index (χ1) is 16.4. The molecule has 3 aromatic carbocycles. The summed E-state index contributed by atoms with van der Waals surface area (Å²) in [5, 5.41) is 1.00. The number of ether oxygens (including phenoxy) is 4. The average Bonchev–Trinajstić information content (AvgIpc) is 2.87. The Morgan fingerprint density at radius 2 is 1.41 bits per heavy atom. The highest BCUT2D eigenvalue weighted by Crippen LogP contribution is 2.43. The normalized spacial score (nSPS) is 10.7. The van der Waals surface area contributed by atoms with Crippen molar-refractivity contribution >= 4 is 22.4 Å². The molecule has 8 heteroatoms. The lowest BCUT2D eigenvalue weighted by Gasteiger charge is -2.20. The van der Waals surface area contributed by atoms with E-state index < -0.39 is 5.97 Å². The van der Waals surface area contributed by atoms with Crippen LogP contribution in [0.1, 0.15) is 10.5 Å². The van der Waals surface area contributed by atoms with Gasteiger partial charge in [-0.3, -0.25) is 9.36 Å². The van der Waals surface area contributed by atoms with Crippen LogP contribution < -0.4 is 25.5 Å². The van der Waals surface area contributed by atoms with Crippen molar-refractivity contribution in [3.63, 3.8) is 0 Å². The summed E-state index contributed by atoms with van der Waals surface area (Å²) in [6.45, 7) is 0. The van der Waals surface area contributed by atoms with E-state index in [0.717, 1.165) is 0 Å². The van der Waals surface area contributed by atoms with E-state index in [4.69, 9.17) is 24.7 Å². The number of methoxy groups -OCH3 is 4. The molecule has 4 aromatic rings. The molecule has 0 radical (unpaired) electrons. The van der Waals surface area contributed by atoms with Crippen molar-refractivity contribution in [3.8, 4) is 34.1 Å². The van der Waals surface area contributed by atoms with Gasteiger partial charge in [0.05, 0.1) is 28.4 Å². The molecule has 34 heavy (non-hydrogen) atoms. The number of fused-ring (bicyclic) bond motifs is 1. The van der Waals surface area contributed by atoms with Crippen LogP contribution >= 0.6 is 0 Å². The molecular formula is C26H24N2O6. The summed E-state index contributed by atoms with van der Waals surface area (Å²) in [6, 6.07) is 17.2. The van der Waals surface area contributed by atoms with E-state index in [1.54, 1.807) is 60.7 Å². The van der Waals surface area contributed by atoms with Crippen LogP contribution in [0.5, 0.6) is 17.2 Å². The first-order valence-electron chi connectivity index (χ1n) is 10.4. The van der Waals surface area contributed by atoms with Gasteiger partial charge in [-0.2, -0.15) is 0 Å². The summed E-state index contributed by atoms with van der Waals surface area (Å²) in [7, 11) is 5.80. The number of hydrogen-bond acceptors (Lipinski definition) is 7. The molecule has 0 spiro atoms. The Hall–Kier alpha value is -4.46. The fourth-order valence-corrected chi connectivity index (χ4v) is 4.03. The predicted molar refractivity (Wildman–Crippen MR) is 130 cm³/mol. The van der Waals surface area contributed by atoms with E-state index in [1.807, 2.05) is 0 Å². The summed E-state index contributed by atoms with van der Waals surface area (Å²) in [5.74, 6) is 0.539. The Morgan fingerprint density at radius 1 is 0.824 bits per heavy atom. The van der Waals surface area contributed by atoms with Gasteiger partial charge in [0.25, 0.3) is 5.56 Å². The van der Waals surface area contributed by atoms with E-state index in [9.17, 15) is 9.59 Å². The zero-order chi connectivity index (χ0) is 24.4. The minimum atomic E-state index is -0.677. The number of carbonyl (C=O) groups excluding carboxylic acids is 1. The van der Waals surface area contributed by atoms with E-state index in [-0.39, 0.29) is 11.3 Å².